The van der Waals surface area contributed by atoms with E-state index < -0.39 is 0 Å². The van der Waals surface area contributed by atoms with E-state index in [1.807, 2.05) is 0 Å². The van der Waals surface area contributed by atoms with E-state index in [-0.39, 0.29) is 9.52 Å². The molecule has 0 aliphatic carbocycles. The van der Waals surface area contributed by atoms with E-state index >= 15 is 0 Å². The smallest absolute Gasteiger partial charge is 0.0167 e. The summed E-state index contributed by atoms with van der Waals surface area (Å²) in [6, 6.07) is 1.75. The van der Waals surface area contributed by atoms with Crippen LogP contribution in [-0.4, -0.2) is 22.1 Å². The predicted molar refractivity (Wildman–Crippen MR) is 45.5 cm³/mol. The summed E-state index contributed by atoms with van der Waals surface area (Å²) in [7, 11) is 0.233. The van der Waals surface area contributed by atoms with E-state index in [1.165, 1.54) is 12.5 Å². The van der Waals surface area contributed by atoms with Gasteiger partial charge in [-0.3, -0.25) is 0 Å². The van der Waals surface area contributed by atoms with Crippen LogP contribution >= 0.6 is 0 Å². The van der Waals surface area contributed by atoms with Crippen molar-refractivity contribution in [1.82, 2.24) is 0 Å². The molecular formula is C6H18N2Si. The Labute approximate surface area is 59.8 Å². The Balaban J connectivity index is 2.95. The Bertz CT molecular complexity index is 59.0. The molecule has 3 heteroatoms. The van der Waals surface area contributed by atoms with Crippen molar-refractivity contribution in [3.05, 3.63) is 0 Å². The first kappa shape index (κ1) is 9.14. The summed E-state index contributed by atoms with van der Waals surface area (Å²) in [4.78, 5) is 0. The fourth-order valence-corrected chi connectivity index (χ4v) is 1.76. The van der Waals surface area contributed by atoms with Crippen LogP contribution in [0.25, 0.3) is 0 Å². The van der Waals surface area contributed by atoms with Gasteiger partial charge in [0.1, 0.15) is 0 Å². The SMILES string of the molecule is C[SiH2]CCC(N)CCN. The van der Waals surface area contributed by atoms with Gasteiger partial charge in [0.15, 0.2) is 0 Å². The second kappa shape index (κ2) is 6.26. The maximum atomic E-state index is 5.71. The minimum absolute atomic E-state index is 0.233. The minimum Gasteiger partial charge on any atom is -0.330 e. The van der Waals surface area contributed by atoms with Gasteiger partial charge in [-0.2, -0.15) is 0 Å². The zero-order chi connectivity index (χ0) is 7.11. The van der Waals surface area contributed by atoms with Gasteiger partial charge in [0.05, 0.1) is 0 Å². The molecule has 0 rings (SSSR count). The molecule has 0 aliphatic rings. The lowest BCUT2D eigenvalue weighted by atomic mass is 10.2. The molecule has 0 radical (unpaired) electrons. The fraction of sp³-hybridized carbons (Fsp3) is 1.00. The van der Waals surface area contributed by atoms with Gasteiger partial charge in [-0.15, -0.1) is 0 Å². The molecule has 0 aromatic rings. The molecule has 0 spiro atoms. The summed E-state index contributed by atoms with van der Waals surface area (Å²) < 4.78 is 0. The topological polar surface area (TPSA) is 52.0 Å². The van der Waals surface area contributed by atoms with Crippen molar-refractivity contribution in [3.8, 4) is 0 Å². The third kappa shape index (κ3) is 6.02. The van der Waals surface area contributed by atoms with Gasteiger partial charge in [-0.25, -0.2) is 0 Å². The van der Waals surface area contributed by atoms with Gasteiger partial charge >= 0.3 is 0 Å². The molecule has 0 aliphatic heterocycles. The highest BCUT2D eigenvalue weighted by atomic mass is 28.2. The summed E-state index contributed by atoms with van der Waals surface area (Å²) in [5, 5.41) is 0. The van der Waals surface area contributed by atoms with Gasteiger partial charge in [-0.1, -0.05) is 12.6 Å². The average molecular weight is 146 g/mol. The molecule has 0 fully saturated rings. The van der Waals surface area contributed by atoms with Crippen LogP contribution in [0.1, 0.15) is 12.8 Å². The third-order valence-corrected chi connectivity index (χ3v) is 2.58. The fourth-order valence-electron chi connectivity index (χ4n) is 0.825. The average Bonchev–Trinajstić information content (AvgIpc) is 1.85. The van der Waals surface area contributed by atoms with Crippen molar-refractivity contribution in [2.24, 2.45) is 11.5 Å². The summed E-state index contributed by atoms with van der Waals surface area (Å²) in [6.45, 7) is 3.06. The zero-order valence-electron chi connectivity index (χ0n) is 6.27. The highest BCUT2D eigenvalue weighted by Crippen LogP contribution is 1.96. The standard InChI is InChI=1S/C6H18N2Si/c1-9-5-3-6(8)2-4-7/h6H,2-5,7-9H2,1H3. The van der Waals surface area contributed by atoms with Crippen LogP contribution in [0.4, 0.5) is 0 Å². The van der Waals surface area contributed by atoms with Crippen molar-refractivity contribution in [1.29, 1.82) is 0 Å². The summed E-state index contributed by atoms with van der Waals surface area (Å²) in [6.07, 6.45) is 2.19. The Morgan fingerprint density at radius 2 is 2.11 bits per heavy atom. The van der Waals surface area contributed by atoms with Crippen molar-refractivity contribution in [2.45, 2.75) is 31.5 Å². The molecular weight excluding hydrogens is 128 g/mol. The summed E-state index contributed by atoms with van der Waals surface area (Å²) >= 11 is 0. The predicted octanol–water partition coefficient (Wildman–Crippen LogP) is -0.312. The molecule has 0 saturated heterocycles. The van der Waals surface area contributed by atoms with E-state index in [2.05, 4.69) is 6.55 Å². The van der Waals surface area contributed by atoms with E-state index in [0.717, 1.165) is 13.0 Å². The maximum absolute atomic E-state index is 5.71. The first-order chi connectivity index (χ1) is 4.31. The van der Waals surface area contributed by atoms with E-state index in [0.29, 0.717) is 6.04 Å². The van der Waals surface area contributed by atoms with Crippen molar-refractivity contribution in [2.75, 3.05) is 6.54 Å². The number of hydrogen-bond donors (Lipinski definition) is 2. The first-order valence-electron chi connectivity index (χ1n) is 3.77. The van der Waals surface area contributed by atoms with Crippen LogP contribution in [0, 0.1) is 0 Å². The Morgan fingerprint density at radius 1 is 1.44 bits per heavy atom. The third-order valence-electron chi connectivity index (χ3n) is 1.47. The van der Waals surface area contributed by atoms with Gasteiger partial charge in [-0.05, 0) is 19.4 Å². The lowest BCUT2D eigenvalue weighted by Crippen LogP contribution is -2.23. The number of nitrogens with two attached hydrogens (primary N) is 2. The summed E-state index contributed by atoms with van der Waals surface area (Å²) in [5.41, 5.74) is 11.0. The highest BCUT2D eigenvalue weighted by Gasteiger charge is 1.97. The van der Waals surface area contributed by atoms with Gasteiger partial charge < -0.3 is 11.5 Å². The second-order valence-corrected chi connectivity index (χ2v) is 4.19. The van der Waals surface area contributed by atoms with E-state index in [9.17, 15) is 0 Å². The molecule has 9 heavy (non-hydrogen) atoms. The molecule has 2 nitrogen and oxygen atoms in total. The van der Waals surface area contributed by atoms with Crippen molar-refractivity contribution >= 4 is 9.52 Å². The van der Waals surface area contributed by atoms with Crippen LogP contribution in [0.5, 0.6) is 0 Å². The lowest BCUT2D eigenvalue weighted by Gasteiger charge is -2.07. The van der Waals surface area contributed by atoms with Crippen LogP contribution in [-0.2, 0) is 0 Å². The molecule has 1 unspecified atom stereocenters. The highest BCUT2D eigenvalue weighted by molar-refractivity contribution is 6.33. The Morgan fingerprint density at radius 3 is 2.56 bits per heavy atom. The Kier molecular flexibility index (Phi) is 6.35. The molecule has 0 amide bonds. The molecule has 1 atom stereocenters. The number of rotatable bonds is 5. The van der Waals surface area contributed by atoms with Gasteiger partial charge in [0.2, 0.25) is 0 Å². The number of hydrogen-bond acceptors (Lipinski definition) is 2. The second-order valence-electron chi connectivity index (χ2n) is 2.48. The quantitative estimate of drug-likeness (QED) is 0.523. The van der Waals surface area contributed by atoms with Crippen LogP contribution in [0.3, 0.4) is 0 Å². The normalized spacial score (nSPS) is 15.0. The lowest BCUT2D eigenvalue weighted by molar-refractivity contribution is 0.603. The molecule has 0 bridgehead atoms. The van der Waals surface area contributed by atoms with Crippen LogP contribution < -0.4 is 11.5 Å². The van der Waals surface area contributed by atoms with Gasteiger partial charge in [0.25, 0.3) is 0 Å². The maximum Gasteiger partial charge on any atom is 0.0167 e. The van der Waals surface area contributed by atoms with Gasteiger partial charge in [0, 0.05) is 15.6 Å². The molecule has 0 saturated carbocycles. The largest absolute Gasteiger partial charge is 0.330 e. The minimum atomic E-state index is 0.233. The Hall–Kier alpha value is 0.137. The van der Waals surface area contributed by atoms with Crippen LogP contribution in [0.15, 0.2) is 0 Å². The van der Waals surface area contributed by atoms with E-state index in [4.69, 9.17) is 11.5 Å². The molecule has 56 valence electrons. The molecule has 0 aromatic carbocycles. The first-order valence-corrected chi connectivity index (χ1v) is 6.18. The zero-order valence-corrected chi connectivity index (χ0v) is 7.68. The molecule has 0 aromatic heterocycles. The monoisotopic (exact) mass is 146 g/mol. The molecule has 4 N–H and O–H groups in total. The van der Waals surface area contributed by atoms with E-state index in [1.54, 1.807) is 0 Å². The molecule has 0 heterocycles. The van der Waals surface area contributed by atoms with Crippen LogP contribution in [0.2, 0.25) is 12.6 Å². The van der Waals surface area contributed by atoms with Crippen molar-refractivity contribution < 1.29 is 0 Å². The summed E-state index contributed by atoms with van der Waals surface area (Å²) in [5.74, 6) is 0. The van der Waals surface area contributed by atoms with Crippen molar-refractivity contribution in [3.63, 3.8) is 0 Å².